The van der Waals surface area contributed by atoms with Gasteiger partial charge in [0.2, 0.25) is 5.91 Å². The first-order valence-corrected chi connectivity index (χ1v) is 11.4. The second-order valence-corrected chi connectivity index (χ2v) is 9.55. The number of para-hydroxylation sites is 1. The van der Waals surface area contributed by atoms with Gasteiger partial charge in [-0.15, -0.1) is 0 Å². The van der Waals surface area contributed by atoms with E-state index in [9.17, 15) is 9.59 Å². The first kappa shape index (κ1) is 20.9. The molecule has 156 valence electrons. The summed E-state index contributed by atoms with van der Waals surface area (Å²) in [6.07, 6.45) is 1.94. The number of amides is 1. The fourth-order valence-electron chi connectivity index (χ4n) is 3.88. The minimum absolute atomic E-state index is 0.0305. The van der Waals surface area contributed by atoms with Crippen molar-refractivity contribution in [3.05, 3.63) is 63.4 Å². The largest absolute Gasteiger partial charge is 0.311 e. The number of thioether (sulfide) groups is 1. The molecule has 0 saturated heterocycles. The summed E-state index contributed by atoms with van der Waals surface area (Å²) in [7, 11) is 0. The minimum atomic E-state index is -0.385. The van der Waals surface area contributed by atoms with E-state index >= 15 is 0 Å². The predicted octanol–water partition coefficient (Wildman–Crippen LogP) is 5.09. The van der Waals surface area contributed by atoms with E-state index in [0.29, 0.717) is 27.6 Å². The highest BCUT2D eigenvalue weighted by Crippen LogP contribution is 2.31. The van der Waals surface area contributed by atoms with Crippen LogP contribution in [0.1, 0.15) is 38.8 Å². The Bertz CT molecular complexity index is 1170. The summed E-state index contributed by atoms with van der Waals surface area (Å²) in [5, 5.41) is 1.21. The zero-order valence-corrected chi connectivity index (χ0v) is 18.8. The maximum Gasteiger partial charge on any atom is 0.262 e. The Morgan fingerprint density at radius 3 is 2.70 bits per heavy atom. The summed E-state index contributed by atoms with van der Waals surface area (Å²) in [4.78, 5) is 33.0. The fourth-order valence-corrected chi connectivity index (χ4v) is 5.15. The standard InChI is InChI=1S/C23H24ClN3O2S/c1-14(2)27-22(29)18-11-10-17(24)13-19(18)25-23(27)30-15(3)21(28)26-12-6-8-16-7-4-5-9-20(16)26/h4-5,7,9-11,13-15H,6,8,12H2,1-3H3. The third kappa shape index (κ3) is 3.86. The number of hydrogen-bond donors (Lipinski definition) is 0. The number of nitrogens with zero attached hydrogens (tertiary/aromatic N) is 3. The highest BCUT2D eigenvalue weighted by Gasteiger charge is 2.28. The van der Waals surface area contributed by atoms with E-state index in [1.54, 1.807) is 22.8 Å². The molecule has 0 aliphatic carbocycles. The minimum Gasteiger partial charge on any atom is -0.311 e. The van der Waals surface area contributed by atoms with Crippen LogP contribution < -0.4 is 10.5 Å². The van der Waals surface area contributed by atoms with E-state index in [2.05, 4.69) is 6.07 Å². The Balaban J connectivity index is 1.69. The summed E-state index contributed by atoms with van der Waals surface area (Å²) >= 11 is 7.44. The SMILES string of the molecule is CC(Sc1nc2cc(Cl)ccc2c(=O)n1C(C)C)C(=O)N1CCCc2ccccc21. The average Bonchev–Trinajstić information content (AvgIpc) is 2.72. The number of carbonyl (C=O) groups is 1. The van der Waals surface area contributed by atoms with Crippen LogP contribution in [0.3, 0.4) is 0 Å². The molecule has 1 aliphatic heterocycles. The number of carbonyl (C=O) groups excluding carboxylic acids is 1. The van der Waals surface area contributed by atoms with Crippen LogP contribution in [0.15, 0.2) is 52.4 Å². The smallest absolute Gasteiger partial charge is 0.262 e. The average molecular weight is 442 g/mol. The number of hydrogen-bond acceptors (Lipinski definition) is 4. The molecule has 30 heavy (non-hydrogen) atoms. The van der Waals surface area contributed by atoms with Crippen LogP contribution >= 0.6 is 23.4 Å². The van der Waals surface area contributed by atoms with Gasteiger partial charge in [0.05, 0.1) is 16.2 Å². The first-order valence-electron chi connectivity index (χ1n) is 10.1. The molecule has 0 fully saturated rings. The molecule has 1 unspecified atom stereocenters. The summed E-state index contributed by atoms with van der Waals surface area (Å²) in [5.41, 5.74) is 2.62. The Kier molecular flexibility index (Phi) is 5.89. The molecule has 1 aromatic heterocycles. The van der Waals surface area contributed by atoms with Gasteiger partial charge in [-0.05, 0) is 63.4 Å². The van der Waals surface area contributed by atoms with Gasteiger partial charge in [-0.3, -0.25) is 14.2 Å². The number of aryl methyl sites for hydroxylation is 1. The molecule has 0 bridgehead atoms. The third-order valence-electron chi connectivity index (χ3n) is 5.35. The van der Waals surface area contributed by atoms with E-state index in [0.717, 1.165) is 18.5 Å². The lowest BCUT2D eigenvalue weighted by molar-refractivity contribution is -0.117. The van der Waals surface area contributed by atoms with Gasteiger partial charge < -0.3 is 4.90 Å². The maximum absolute atomic E-state index is 13.3. The lowest BCUT2D eigenvalue weighted by Crippen LogP contribution is -2.40. The quantitative estimate of drug-likeness (QED) is 0.418. The van der Waals surface area contributed by atoms with Crippen molar-refractivity contribution in [1.29, 1.82) is 0 Å². The number of anilines is 1. The summed E-state index contributed by atoms with van der Waals surface area (Å²) < 4.78 is 1.66. The number of rotatable bonds is 4. The first-order chi connectivity index (χ1) is 14.4. The van der Waals surface area contributed by atoms with E-state index in [1.807, 2.05) is 43.9 Å². The molecular weight excluding hydrogens is 418 g/mol. The number of aromatic nitrogens is 2. The van der Waals surface area contributed by atoms with Crippen molar-refractivity contribution in [3.8, 4) is 0 Å². The van der Waals surface area contributed by atoms with E-state index in [-0.39, 0.29) is 22.8 Å². The normalized spacial score (nSPS) is 14.8. The van der Waals surface area contributed by atoms with Gasteiger partial charge >= 0.3 is 0 Å². The molecule has 1 aliphatic rings. The molecule has 1 amide bonds. The van der Waals surface area contributed by atoms with Crippen LogP contribution in [-0.4, -0.2) is 27.3 Å². The number of benzene rings is 2. The third-order valence-corrected chi connectivity index (χ3v) is 6.64. The van der Waals surface area contributed by atoms with Crippen molar-refractivity contribution >= 4 is 45.9 Å². The van der Waals surface area contributed by atoms with Gasteiger partial charge in [0.15, 0.2) is 5.16 Å². The number of fused-ring (bicyclic) bond motifs is 2. The molecule has 0 saturated carbocycles. The highest BCUT2D eigenvalue weighted by atomic mass is 35.5. The fraction of sp³-hybridized carbons (Fsp3) is 0.348. The van der Waals surface area contributed by atoms with Crippen molar-refractivity contribution in [2.24, 2.45) is 0 Å². The van der Waals surface area contributed by atoms with E-state index in [4.69, 9.17) is 16.6 Å². The molecule has 5 nitrogen and oxygen atoms in total. The topological polar surface area (TPSA) is 55.2 Å². The molecule has 7 heteroatoms. The van der Waals surface area contributed by atoms with Gasteiger partial charge in [0.25, 0.3) is 5.56 Å². The molecule has 1 atom stereocenters. The molecular formula is C23H24ClN3O2S. The maximum atomic E-state index is 13.3. The Morgan fingerprint density at radius 2 is 1.93 bits per heavy atom. The van der Waals surface area contributed by atoms with Gasteiger partial charge in [-0.1, -0.05) is 41.6 Å². The molecule has 0 spiro atoms. The van der Waals surface area contributed by atoms with Crippen molar-refractivity contribution in [2.45, 2.75) is 50.1 Å². The Labute approximate surface area is 185 Å². The molecule has 0 N–H and O–H groups in total. The molecule has 3 aromatic rings. The second kappa shape index (κ2) is 8.44. The molecule has 4 rings (SSSR count). The van der Waals surface area contributed by atoms with E-state index in [1.165, 1.54) is 17.3 Å². The zero-order valence-electron chi connectivity index (χ0n) is 17.3. The van der Waals surface area contributed by atoms with Crippen LogP contribution in [0.4, 0.5) is 5.69 Å². The van der Waals surface area contributed by atoms with Crippen LogP contribution in [-0.2, 0) is 11.2 Å². The van der Waals surface area contributed by atoms with Gasteiger partial charge in [-0.25, -0.2) is 4.98 Å². The molecule has 2 heterocycles. The molecule has 0 radical (unpaired) electrons. The summed E-state index contributed by atoms with van der Waals surface area (Å²) in [5.74, 6) is 0.0305. The van der Waals surface area contributed by atoms with Gasteiger partial charge in [-0.2, -0.15) is 0 Å². The van der Waals surface area contributed by atoms with Crippen LogP contribution in [0.25, 0.3) is 10.9 Å². The predicted molar refractivity (Wildman–Crippen MR) is 124 cm³/mol. The summed E-state index contributed by atoms with van der Waals surface area (Å²) in [6, 6.07) is 13.1. The summed E-state index contributed by atoms with van der Waals surface area (Å²) in [6.45, 7) is 6.48. The van der Waals surface area contributed by atoms with Crippen LogP contribution in [0.2, 0.25) is 5.02 Å². The van der Waals surface area contributed by atoms with Gasteiger partial charge in [0.1, 0.15) is 0 Å². The lowest BCUT2D eigenvalue weighted by atomic mass is 10.0. The second-order valence-electron chi connectivity index (χ2n) is 7.81. The van der Waals surface area contributed by atoms with Gasteiger partial charge in [0, 0.05) is 23.3 Å². The van der Waals surface area contributed by atoms with Crippen LogP contribution in [0, 0.1) is 0 Å². The molecule has 2 aromatic carbocycles. The van der Waals surface area contributed by atoms with Crippen molar-refractivity contribution in [1.82, 2.24) is 9.55 Å². The Hall–Kier alpha value is -2.31. The lowest BCUT2D eigenvalue weighted by Gasteiger charge is -2.31. The highest BCUT2D eigenvalue weighted by molar-refractivity contribution is 8.00. The van der Waals surface area contributed by atoms with Crippen LogP contribution in [0.5, 0.6) is 0 Å². The zero-order chi connectivity index (χ0) is 21.4. The van der Waals surface area contributed by atoms with E-state index < -0.39 is 0 Å². The monoisotopic (exact) mass is 441 g/mol. The van der Waals surface area contributed by atoms with Crippen molar-refractivity contribution in [3.63, 3.8) is 0 Å². The van der Waals surface area contributed by atoms with Crippen molar-refractivity contribution < 1.29 is 4.79 Å². The Morgan fingerprint density at radius 1 is 1.17 bits per heavy atom. The van der Waals surface area contributed by atoms with Crippen molar-refractivity contribution in [2.75, 3.05) is 11.4 Å². The number of halogens is 1.